The Balaban J connectivity index is 1.74. The second-order valence-electron chi connectivity index (χ2n) is 5.18. The molecule has 2 rings (SSSR count). The molecule has 1 aliphatic carbocycles. The van der Waals surface area contributed by atoms with Gasteiger partial charge in [0, 0.05) is 12.2 Å². The average molecular weight is 280 g/mol. The van der Waals surface area contributed by atoms with E-state index in [1.807, 2.05) is 18.2 Å². The first-order valence-corrected chi connectivity index (χ1v) is 7.64. The maximum Gasteiger partial charge on any atom is 0.323 e. The number of carbonyl (C=O) groups is 1. The van der Waals surface area contributed by atoms with Crippen molar-refractivity contribution in [3.8, 4) is 0 Å². The molecule has 1 aromatic rings. The zero-order valence-electron chi connectivity index (χ0n) is 11.1. The molecule has 1 aliphatic rings. The Morgan fingerprint density at radius 1 is 1.58 bits per heavy atom. The molecule has 1 heterocycles. The summed E-state index contributed by atoms with van der Waals surface area (Å²) in [4.78, 5) is 15.6. The third kappa shape index (κ3) is 4.51. The van der Waals surface area contributed by atoms with Gasteiger partial charge in [0.05, 0.1) is 5.03 Å². The minimum absolute atomic E-state index is 0.407. The molecule has 104 valence electrons. The number of nitrogens with one attached hydrogen (secondary N) is 1. The Kier molecular flexibility index (Phi) is 4.82. The van der Waals surface area contributed by atoms with Gasteiger partial charge < -0.3 is 5.11 Å². The van der Waals surface area contributed by atoms with Crippen molar-refractivity contribution in [1.29, 1.82) is 0 Å². The number of hydrogen-bond donors (Lipinski definition) is 2. The summed E-state index contributed by atoms with van der Waals surface area (Å²) in [5.74, 6) is 0.147. The van der Waals surface area contributed by atoms with Gasteiger partial charge in [-0.1, -0.05) is 6.07 Å². The highest BCUT2D eigenvalue weighted by atomic mass is 32.2. The highest BCUT2D eigenvalue weighted by Gasteiger charge is 2.37. The molecule has 1 saturated carbocycles. The standard InChI is InChI=1S/C14H20N2O2S/c1-14(13(17)18,16-11-6-7-11)8-4-10-19-12-5-2-3-9-15-12/h2-3,5,9,11,16H,4,6-8,10H2,1H3,(H,17,18). The van der Waals surface area contributed by atoms with Crippen molar-refractivity contribution in [1.82, 2.24) is 10.3 Å². The maximum absolute atomic E-state index is 11.4. The van der Waals surface area contributed by atoms with Crippen molar-refractivity contribution in [3.05, 3.63) is 24.4 Å². The van der Waals surface area contributed by atoms with E-state index in [9.17, 15) is 9.90 Å². The van der Waals surface area contributed by atoms with Crippen molar-refractivity contribution >= 4 is 17.7 Å². The topological polar surface area (TPSA) is 62.2 Å². The fourth-order valence-corrected chi connectivity index (χ4v) is 2.76. The van der Waals surface area contributed by atoms with Crippen LogP contribution >= 0.6 is 11.8 Å². The smallest absolute Gasteiger partial charge is 0.323 e. The van der Waals surface area contributed by atoms with E-state index >= 15 is 0 Å². The molecule has 0 saturated heterocycles. The van der Waals surface area contributed by atoms with Crippen molar-refractivity contribution in [2.24, 2.45) is 0 Å². The van der Waals surface area contributed by atoms with Crippen molar-refractivity contribution in [2.45, 2.75) is 49.2 Å². The quantitative estimate of drug-likeness (QED) is 0.566. The van der Waals surface area contributed by atoms with Crippen LogP contribution in [0.1, 0.15) is 32.6 Å². The lowest BCUT2D eigenvalue weighted by molar-refractivity contribution is -0.144. The molecule has 5 heteroatoms. The molecule has 4 nitrogen and oxygen atoms in total. The Labute approximate surface area is 118 Å². The zero-order chi connectivity index (χ0) is 13.7. The molecule has 0 aliphatic heterocycles. The van der Waals surface area contributed by atoms with Gasteiger partial charge >= 0.3 is 5.97 Å². The van der Waals surface area contributed by atoms with Crippen molar-refractivity contribution < 1.29 is 9.90 Å². The monoisotopic (exact) mass is 280 g/mol. The summed E-state index contributed by atoms with van der Waals surface area (Å²) in [6.45, 7) is 1.79. The Hall–Kier alpha value is -1.07. The highest BCUT2D eigenvalue weighted by Crippen LogP contribution is 2.26. The number of hydrogen-bond acceptors (Lipinski definition) is 4. The van der Waals surface area contributed by atoms with Crippen molar-refractivity contribution in [3.63, 3.8) is 0 Å². The maximum atomic E-state index is 11.4. The number of carboxylic acids is 1. The van der Waals surface area contributed by atoms with Gasteiger partial charge in [-0.05, 0) is 50.5 Å². The van der Waals surface area contributed by atoms with E-state index in [-0.39, 0.29) is 0 Å². The van der Waals surface area contributed by atoms with E-state index in [1.165, 1.54) is 0 Å². The normalized spacial score (nSPS) is 17.9. The lowest BCUT2D eigenvalue weighted by Crippen LogP contribution is -2.50. The van der Waals surface area contributed by atoms with E-state index in [1.54, 1.807) is 24.9 Å². The zero-order valence-corrected chi connectivity index (χ0v) is 11.9. The Bertz CT molecular complexity index is 423. The first-order valence-electron chi connectivity index (χ1n) is 6.65. The molecular weight excluding hydrogens is 260 g/mol. The molecule has 1 unspecified atom stereocenters. The first kappa shape index (κ1) is 14.3. The molecular formula is C14H20N2O2S. The van der Waals surface area contributed by atoms with Crippen LogP contribution in [0.25, 0.3) is 0 Å². The van der Waals surface area contributed by atoms with Gasteiger partial charge in [-0.25, -0.2) is 4.98 Å². The van der Waals surface area contributed by atoms with E-state index in [0.717, 1.165) is 30.0 Å². The SMILES string of the molecule is CC(CCCSc1ccccn1)(NC1CC1)C(=O)O. The minimum Gasteiger partial charge on any atom is -0.480 e. The lowest BCUT2D eigenvalue weighted by atomic mass is 9.96. The van der Waals surface area contributed by atoms with Crippen LogP contribution in [-0.4, -0.2) is 33.4 Å². The Morgan fingerprint density at radius 2 is 2.37 bits per heavy atom. The van der Waals surface area contributed by atoms with Gasteiger partial charge in [0.25, 0.3) is 0 Å². The number of aromatic nitrogens is 1. The van der Waals surface area contributed by atoms with Gasteiger partial charge in [0.2, 0.25) is 0 Å². The lowest BCUT2D eigenvalue weighted by Gasteiger charge is -2.26. The van der Waals surface area contributed by atoms with E-state index in [4.69, 9.17) is 0 Å². The van der Waals surface area contributed by atoms with E-state index in [0.29, 0.717) is 12.5 Å². The van der Waals surface area contributed by atoms with E-state index < -0.39 is 11.5 Å². The summed E-state index contributed by atoms with van der Waals surface area (Å²) in [6, 6.07) is 6.24. The van der Waals surface area contributed by atoms with Gasteiger partial charge in [-0.3, -0.25) is 10.1 Å². The second kappa shape index (κ2) is 6.39. The van der Waals surface area contributed by atoms with Crippen LogP contribution in [-0.2, 0) is 4.79 Å². The van der Waals surface area contributed by atoms with Gasteiger partial charge in [0.1, 0.15) is 5.54 Å². The van der Waals surface area contributed by atoms with Gasteiger partial charge in [-0.15, -0.1) is 11.8 Å². The predicted octanol–water partition coefficient (Wildman–Crippen LogP) is 2.55. The molecule has 0 bridgehead atoms. The number of rotatable bonds is 8. The summed E-state index contributed by atoms with van der Waals surface area (Å²) in [7, 11) is 0. The number of thioether (sulfide) groups is 1. The first-order chi connectivity index (χ1) is 9.10. The summed E-state index contributed by atoms with van der Waals surface area (Å²) >= 11 is 1.68. The summed E-state index contributed by atoms with van der Waals surface area (Å²) < 4.78 is 0. The Morgan fingerprint density at radius 3 is 2.95 bits per heavy atom. The van der Waals surface area contributed by atoms with Crippen LogP contribution in [0.15, 0.2) is 29.4 Å². The van der Waals surface area contributed by atoms with Crippen LogP contribution in [0.2, 0.25) is 0 Å². The predicted molar refractivity (Wildman–Crippen MR) is 76.4 cm³/mol. The minimum atomic E-state index is -0.786. The average Bonchev–Trinajstić information content (AvgIpc) is 3.19. The largest absolute Gasteiger partial charge is 0.480 e. The fraction of sp³-hybridized carbons (Fsp3) is 0.571. The molecule has 0 aromatic carbocycles. The van der Waals surface area contributed by atoms with Crippen LogP contribution < -0.4 is 5.32 Å². The molecule has 1 atom stereocenters. The van der Waals surface area contributed by atoms with Crippen LogP contribution in [0.5, 0.6) is 0 Å². The van der Waals surface area contributed by atoms with Gasteiger partial charge in [-0.2, -0.15) is 0 Å². The molecule has 1 aromatic heterocycles. The summed E-state index contributed by atoms with van der Waals surface area (Å²) in [5.41, 5.74) is -0.786. The molecule has 0 radical (unpaired) electrons. The van der Waals surface area contributed by atoms with E-state index in [2.05, 4.69) is 10.3 Å². The van der Waals surface area contributed by atoms with Crippen LogP contribution in [0, 0.1) is 0 Å². The fourth-order valence-electron chi connectivity index (χ4n) is 1.95. The second-order valence-corrected chi connectivity index (χ2v) is 6.29. The molecule has 1 fully saturated rings. The summed E-state index contributed by atoms with van der Waals surface area (Å²) in [6.07, 6.45) is 5.50. The van der Waals surface area contributed by atoms with Crippen LogP contribution in [0.4, 0.5) is 0 Å². The molecule has 0 spiro atoms. The molecule has 19 heavy (non-hydrogen) atoms. The number of pyridine rings is 1. The van der Waals surface area contributed by atoms with Crippen LogP contribution in [0.3, 0.4) is 0 Å². The number of nitrogens with zero attached hydrogens (tertiary/aromatic N) is 1. The highest BCUT2D eigenvalue weighted by molar-refractivity contribution is 7.99. The molecule has 2 N–H and O–H groups in total. The third-order valence-electron chi connectivity index (χ3n) is 3.28. The van der Waals surface area contributed by atoms with Crippen molar-refractivity contribution in [2.75, 3.05) is 5.75 Å². The number of aliphatic carboxylic acids is 1. The number of carboxylic acid groups (broad SMARTS) is 1. The third-order valence-corrected chi connectivity index (χ3v) is 4.31. The van der Waals surface area contributed by atoms with Gasteiger partial charge in [0.15, 0.2) is 0 Å². The summed E-state index contributed by atoms with van der Waals surface area (Å²) in [5, 5.41) is 13.6. The molecule has 0 amide bonds.